The first kappa shape index (κ1) is 31.8. The molecule has 2 nitrogen and oxygen atoms in total. The molecule has 1 aromatic heterocycles. The van der Waals surface area contributed by atoms with Gasteiger partial charge in [0.2, 0.25) is 0 Å². The van der Waals surface area contributed by atoms with Crippen molar-refractivity contribution in [1.29, 1.82) is 0 Å². The van der Waals surface area contributed by atoms with Crippen molar-refractivity contribution in [1.82, 2.24) is 4.57 Å². The van der Waals surface area contributed by atoms with Crippen molar-refractivity contribution in [3.05, 3.63) is 193 Å². The van der Waals surface area contributed by atoms with Crippen LogP contribution in [0.3, 0.4) is 0 Å². The van der Waals surface area contributed by atoms with E-state index in [0.717, 1.165) is 29.9 Å². The van der Waals surface area contributed by atoms with Crippen LogP contribution in [0.4, 0.5) is 17.1 Å². The van der Waals surface area contributed by atoms with Crippen molar-refractivity contribution in [3.63, 3.8) is 0 Å². The summed E-state index contributed by atoms with van der Waals surface area (Å²) in [6.45, 7) is 4.83. The third kappa shape index (κ3) is 4.81. The number of para-hydroxylation sites is 1. The topological polar surface area (TPSA) is 8.17 Å². The number of allylic oxidation sites excluding steroid dienone is 4. The first-order valence-corrected chi connectivity index (χ1v) is 19.5. The maximum atomic E-state index is 2.55. The normalized spacial score (nSPS) is 14.6. The lowest BCUT2D eigenvalue weighted by molar-refractivity contribution is 0.585. The zero-order chi connectivity index (χ0) is 36.7. The molecule has 0 saturated heterocycles. The molecule has 8 aromatic carbocycles. The highest BCUT2D eigenvalue weighted by atomic mass is 15.1. The second-order valence-corrected chi connectivity index (χ2v) is 15.6. The largest absolute Gasteiger partial charge is 0.309 e. The van der Waals surface area contributed by atoms with Crippen molar-refractivity contribution in [2.24, 2.45) is 0 Å². The molecule has 11 rings (SSSR count). The van der Waals surface area contributed by atoms with Crippen LogP contribution >= 0.6 is 0 Å². The van der Waals surface area contributed by atoms with Gasteiger partial charge < -0.3 is 9.47 Å². The van der Waals surface area contributed by atoms with E-state index in [9.17, 15) is 0 Å². The maximum absolute atomic E-state index is 2.55. The first-order valence-electron chi connectivity index (χ1n) is 19.5. The quantitative estimate of drug-likeness (QED) is 0.173. The van der Waals surface area contributed by atoms with E-state index in [1.165, 1.54) is 76.9 Å². The second kappa shape index (κ2) is 12.2. The van der Waals surface area contributed by atoms with Gasteiger partial charge in [0.05, 0.1) is 22.4 Å². The molecule has 1 aliphatic heterocycles. The number of nitrogens with zero attached hydrogens (tertiary/aromatic N) is 2. The van der Waals surface area contributed by atoms with Crippen LogP contribution in [0.15, 0.2) is 188 Å². The lowest BCUT2D eigenvalue weighted by atomic mass is 9.71. The fourth-order valence-corrected chi connectivity index (χ4v) is 9.65. The predicted molar refractivity (Wildman–Crippen MR) is 235 cm³/mol. The molecule has 0 saturated carbocycles. The Hall–Kier alpha value is -6.64. The van der Waals surface area contributed by atoms with Gasteiger partial charge in [-0.15, -0.1) is 0 Å². The van der Waals surface area contributed by atoms with Crippen LogP contribution in [0.2, 0.25) is 0 Å². The van der Waals surface area contributed by atoms with E-state index < -0.39 is 0 Å². The van der Waals surface area contributed by atoms with E-state index in [1.54, 1.807) is 5.57 Å². The summed E-state index contributed by atoms with van der Waals surface area (Å²) in [4.78, 5) is 2.46. The lowest BCUT2D eigenvalue weighted by Crippen LogP contribution is -2.28. The average molecular weight is 705 g/mol. The predicted octanol–water partition coefficient (Wildman–Crippen LogP) is 14.8. The Labute approximate surface area is 321 Å². The zero-order valence-electron chi connectivity index (χ0n) is 31.1. The molecule has 0 fully saturated rings. The van der Waals surface area contributed by atoms with E-state index in [1.807, 2.05) is 0 Å². The molecule has 262 valence electrons. The van der Waals surface area contributed by atoms with Gasteiger partial charge in [-0.3, -0.25) is 0 Å². The summed E-state index contributed by atoms with van der Waals surface area (Å²) in [5, 5.41) is 7.52. The number of hydrogen-bond donors (Lipinski definition) is 0. The number of hydrogen-bond acceptors (Lipinski definition) is 1. The van der Waals surface area contributed by atoms with E-state index >= 15 is 0 Å². The third-order valence-electron chi connectivity index (χ3n) is 12.3. The summed E-state index contributed by atoms with van der Waals surface area (Å²) in [5.74, 6) is 0. The molecule has 0 unspecified atom stereocenters. The molecule has 0 amide bonds. The molecular formula is C53H40N2. The van der Waals surface area contributed by atoms with E-state index in [4.69, 9.17) is 0 Å². The zero-order valence-corrected chi connectivity index (χ0v) is 31.1. The number of fused-ring (bicyclic) bond motifs is 6. The highest BCUT2D eigenvalue weighted by Gasteiger charge is 2.36. The van der Waals surface area contributed by atoms with Crippen molar-refractivity contribution in [2.45, 2.75) is 32.1 Å². The molecule has 0 bridgehead atoms. The SMILES string of the molecule is CC1(C)C2=C(C=CCC2)n2c3ccc(-c4cccc5c(N(c6cccc(-c7ccccc7)c6)c6cccc7ccccc67)cccc45)cc3c3cccc1c32. The van der Waals surface area contributed by atoms with Crippen LogP contribution in [0.25, 0.3) is 71.3 Å². The first-order chi connectivity index (χ1) is 27.1. The maximum Gasteiger partial charge on any atom is 0.0581 e. The monoisotopic (exact) mass is 704 g/mol. The van der Waals surface area contributed by atoms with Crippen molar-refractivity contribution in [2.75, 3.05) is 4.90 Å². The van der Waals surface area contributed by atoms with Gasteiger partial charge in [0.1, 0.15) is 0 Å². The molecule has 0 radical (unpaired) electrons. The Morgan fingerprint density at radius 2 is 1.22 bits per heavy atom. The number of anilines is 3. The molecule has 2 aliphatic rings. The van der Waals surface area contributed by atoms with E-state index in [2.05, 4.69) is 205 Å². The Morgan fingerprint density at radius 3 is 2.13 bits per heavy atom. The molecule has 9 aromatic rings. The van der Waals surface area contributed by atoms with E-state index in [-0.39, 0.29) is 5.41 Å². The van der Waals surface area contributed by atoms with Crippen molar-refractivity contribution in [3.8, 4) is 22.3 Å². The molecule has 0 N–H and O–H groups in total. The van der Waals surface area contributed by atoms with Crippen LogP contribution in [-0.4, -0.2) is 4.57 Å². The fourth-order valence-electron chi connectivity index (χ4n) is 9.65. The smallest absolute Gasteiger partial charge is 0.0581 e. The number of aromatic nitrogens is 1. The highest BCUT2D eigenvalue weighted by molar-refractivity contribution is 6.15. The summed E-state index contributed by atoms with van der Waals surface area (Å²) in [6, 6.07) is 62.7. The average Bonchev–Trinajstić information content (AvgIpc) is 3.58. The molecular weight excluding hydrogens is 665 g/mol. The molecule has 2 heterocycles. The van der Waals surface area contributed by atoms with Gasteiger partial charge in [-0.2, -0.15) is 0 Å². The van der Waals surface area contributed by atoms with Gasteiger partial charge in [-0.25, -0.2) is 0 Å². The third-order valence-corrected chi connectivity index (χ3v) is 12.3. The van der Waals surface area contributed by atoms with Gasteiger partial charge in [-0.1, -0.05) is 153 Å². The van der Waals surface area contributed by atoms with Crippen LogP contribution in [0, 0.1) is 0 Å². The minimum Gasteiger partial charge on any atom is -0.309 e. The molecule has 1 aliphatic carbocycles. The Bertz CT molecular complexity index is 3060. The van der Waals surface area contributed by atoms with E-state index in [0.29, 0.717) is 0 Å². The van der Waals surface area contributed by atoms with Gasteiger partial charge in [0, 0.05) is 38.3 Å². The Balaban J connectivity index is 1.13. The molecule has 2 heteroatoms. The number of rotatable bonds is 5. The molecule has 0 atom stereocenters. The minimum atomic E-state index is -0.00455. The Morgan fingerprint density at radius 1 is 0.527 bits per heavy atom. The van der Waals surface area contributed by atoms with Gasteiger partial charge >= 0.3 is 0 Å². The highest BCUT2D eigenvalue weighted by Crippen LogP contribution is 2.51. The summed E-state index contributed by atoms with van der Waals surface area (Å²) in [5.41, 5.74) is 15.3. The van der Waals surface area contributed by atoms with Gasteiger partial charge in [0.15, 0.2) is 0 Å². The summed E-state index contributed by atoms with van der Waals surface area (Å²) in [7, 11) is 0. The standard InChI is InChI=1S/C53H40N2/c1-53(2)46-26-8-9-28-51(46)55-50-32-31-38(34-45(50)44-25-13-27-47(53)52(44)55)40-22-12-24-43-42(40)23-14-30-49(43)54(48-29-11-18-36-17-6-7-21-41(36)48)39-20-10-19-37(33-39)35-15-4-3-5-16-35/h3-7,9-25,27-34H,8,26H2,1-2H3. The fraction of sp³-hybridized carbons (Fsp3) is 0.0943. The summed E-state index contributed by atoms with van der Waals surface area (Å²) >= 11 is 0. The van der Waals surface area contributed by atoms with Gasteiger partial charge in [0.25, 0.3) is 0 Å². The van der Waals surface area contributed by atoms with Crippen molar-refractivity contribution >= 4 is 66.1 Å². The summed E-state index contributed by atoms with van der Waals surface area (Å²) in [6.07, 6.45) is 6.93. The summed E-state index contributed by atoms with van der Waals surface area (Å²) < 4.78 is 2.55. The molecule has 0 spiro atoms. The van der Waals surface area contributed by atoms with Gasteiger partial charge in [-0.05, 0) is 99.5 Å². The lowest BCUT2D eigenvalue weighted by Gasteiger charge is -2.37. The second-order valence-electron chi connectivity index (χ2n) is 15.6. The van der Waals surface area contributed by atoms with Crippen molar-refractivity contribution < 1.29 is 0 Å². The van der Waals surface area contributed by atoms with Crippen LogP contribution in [-0.2, 0) is 5.41 Å². The van der Waals surface area contributed by atoms with Crippen LogP contribution < -0.4 is 4.90 Å². The molecule has 55 heavy (non-hydrogen) atoms. The van der Waals surface area contributed by atoms with Crippen LogP contribution in [0.1, 0.15) is 32.3 Å². The Kier molecular flexibility index (Phi) is 7.06. The van der Waals surface area contributed by atoms with Crippen LogP contribution in [0.5, 0.6) is 0 Å². The number of benzene rings is 8. The minimum absolute atomic E-state index is 0.00455.